The molecule has 0 bridgehead atoms. The van der Waals surface area contributed by atoms with Gasteiger partial charge in [-0.2, -0.15) is 13.2 Å². The van der Waals surface area contributed by atoms with Gasteiger partial charge >= 0.3 is 6.18 Å². The lowest BCUT2D eigenvalue weighted by Gasteiger charge is -2.38. The molecule has 0 aliphatic carbocycles. The Hall–Kier alpha value is -3.63. The number of alkyl halides is 3. The Labute approximate surface area is 215 Å². The van der Waals surface area contributed by atoms with Gasteiger partial charge in [0.1, 0.15) is 11.3 Å². The zero-order valence-corrected chi connectivity index (χ0v) is 20.4. The van der Waals surface area contributed by atoms with Crippen molar-refractivity contribution >= 4 is 34.4 Å². The van der Waals surface area contributed by atoms with E-state index in [1.54, 1.807) is 23.2 Å². The summed E-state index contributed by atoms with van der Waals surface area (Å²) in [6.07, 6.45) is -2.64. The zero-order chi connectivity index (χ0) is 26.0. The fourth-order valence-electron chi connectivity index (χ4n) is 4.32. The number of rotatable bonds is 5. The van der Waals surface area contributed by atoms with Crippen LogP contribution in [0.1, 0.15) is 34.6 Å². The van der Waals surface area contributed by atoms with Gasteiger partial charge < -0.3 is 14.7 Å². The molecule has 2 aromatic carbocycles. The summed E-state index contributed by atoms with van der Waals surface area (Å²) in [6, 6.07) is 20.4. The lowest BCUT2D eigenvalue weighted by Crippen LogP contribution is -2.45. The number of hydrogen-bond acceptors (Lipinski definition) is 6. The van der Waals surface area contributed by atoms with E-state index >= 15 is 0 Å². The topological polar surface area (TPSA) is 78.4 Å². The summed E-state index contributed by atoms with van der Waals surface area (Å²) in [7, 11) is 0. The number of amides is 1. The van der Waals surface area contributed by atoms with Crippen molar-refractivity contribution in [2.45, 2.75) is 29.5 Å². The standard InChI is InChI=1S/C27H23F3N4O2S/c28-27(29,30)23-8-2-7-22(32-23)26(36)13-16-34(17-14-26)25(35)19-9-11-20(12-10-19)33-37-21-6-1-4-18-5-3-15-31-24(18)21/h1-12,15,33,36H,13-14,16-17H2. The second kappa shape index (κ2) is 10.0. The molecule has 1 aliphatic heterocycles. The van der Waals surface area contributed by atoms with Crippen molar-refractivity contribution in [2.75, 3.05) is 17.8 Å². The van der Waals surface area contributed by atoms with Crippen LogP contribution in [0.3, 0.4) is 0 Å². The summed E-state index contributed by atoms with van der Waals surface area (Å²) in [5, 5.41) is 12.0. The van der Waals surface area contributed by atoms with E-state index in [2.05, 4.69) is 14.7 Å². The van der Waals surface area contributed by atoms with Crippen LogP contribution in [0.2, 0.25) is 0 Å². The van der Waals surface area contributed by atoms with Gasteiger partial charge in [0.15, 0.2) is 0 Å². The van der Waals surface area contributed by atoms with E-state index in [1.807, 2.05) is 42.5 Å². The van der Waals surface area contributed by atoms with Gasteiger partial charge in [0.2, 0.25) is 0 Å². The van der Waals surface area contributed by atoms with Crippen molar-refractivity contribution in [1.82, 2.24) is 14.9 Å². The third kappa shape index (κ3) is 5.40. The summed E-state index contributed by atoms with van der Waals surface area (Å²) in [5.41, 5.74) is -0.369. The van der Waals surface area contributed by atoms with Gasteiger partial charge in [-0.3, -0.25) is 9.78 Å². The molecule has 0 spiro atoms. The van der Waals surface area contributed by atoms with Crippen LogP contribution < -0.4 is 4.72 Å². The Morgan fingerprint density at radius 1 is 0.973 bits per heavy atom. The smallest absolute Gasteiger partial charge is 0.383 e. The Balaban J connectivity index is 1.20. The monoisotopic (exact) mass is 524 g/mol. The predicted molar refractivity (Wildman–Crippen MR) is 136 cm³/mol. The number of aromatic nitrogens is 2. The third-order valence-electron chi connectivity index (χ3n) is 6.40. The predicted octanol–water partition coefficient (Wildman–Crippen LogP) is 5.89. The second-order valence-electron chi connectivity index (χ2n) is 8.84. The van der Waals surface area contributed by atoms with Crippen LogP contribution in [0.15, 0.2) is 83.9 Å². The first kappa shape index (κ1) is 25.0. The molecule has 0 saturated carbocycles. The highest BCUT2D eigenvalue weighted by Gasteiger charge is 2.39. The van der Waals surface area contributed by atoms with Gasteiger partial charge in [0.25, 0.3) is 5.91 Å². The first-order valence-corrected chi connectivity index (χ1v) is 12.5. The largest absolute Gasteiger partial charge is 0.433 e. The molecule has 37 heavy (non-hydrogen) atoms. The number of hydrogen-bond donors (Lipinski definition) is 2. The molecule has 2 aromatic heterocycles. The number of pyridine rings is 2. The van der Waals surface area contributed by atoms with E-state index in [4.69, 9.17) is 0 Å². The Morgan fingerprint density at radius 3 is 2.41 bits per heavy atom. The summed E-state index contributed by atoms with van der Waals surface area (Å²) in [6.45, 7) is 0.411. The van der Waals surface area contributed by atoms with Gasteiger partial charge in [0.05, 0.1) is 16.1 Å². The molecule has 1 saturated heterocycles. The van der Waals surface area contributed by atoms with Crippen molar-refractivity contribution in [3.8, 4) is 0 Å². The molecule has 1 fully saturated rings. The maximum absolute atomic E-state index is 13.0. The van der Waals surface area contributed by atoms with Gasteiger partial charge in [-0.15, -0.1) is 0 Å². The van der Waals surface area contributed by atoms with Crippen molar-refractivity contribution in [3.05, 3.63) is 95.9 Å². The number of nitrogens with zero attached hydrogens (tertiary/aromatic N) is 3. The molecule has 5 rings (SSSR count). The van der Waals surface area contributed by atoms with Crippen LogP contribution in [0.4, 0.5) is 18.9 Å². The molecule has 1 aliphatic rings. The molecule has 190 valence electrons. The number of carbonyl (C=O) groups is 1. The van der Waals surface area contributed by atoms with Gasteiger partial charge in [-0.05, 0) is 73.3 Å². The Bertz CT molecular complexity index is 1420. The molecule has 3 heterocycles. The number of fused-ring (bicyclic) bond motifs is 1. The molecule has 4 aromatic rings. The third-order valence-corrected chi connectivity index (χ3v) is 7.29. The molecule has 2 N–H and O–H groups in total. The van der Waals surface area contributed by atoms with Crippen LogP contribution in [0.5, 0.6) is 0 Å². The second-order valence-corrected chi connectivity index (χ2v) is 9.69. The van der Waals surface area contributed by atoms with Crippen LogP contribution in [-0.4, -0.2) is 39.0 Å². The van der Waals surface area contributed by atoms with E-state index in [9.17, 15) is 23.1 Å². The van der Waals surface area contributed by atoms with Crippen LogP contribution >= 0.6 is 11.9 Å². The quantitative estimate of drug-likeness (QED) is 0.317. The van der Waals surface area contributed by atoms with Crippen molar-refractivity contribution in [1.29, 1.82) is 0 Å². The van der Waals surface area contributed by atoms with E-state index in [0.29, 0.717) is 5.56 Å². The maximum atomic E-state index is 13.0. The number of nitrogens with one attached hydrogen (secondary N) is 1. The van der Waals surface area contributed by atoms with Gasteiger partial charge in [0, 0.05) is 35.9 Å². The molecule has 0 unspecified atom stereocenters. The van der Waals surface area contributed by atoms with Crippen LogP contribution in [0.25, 0.3) is 10.9 Å². The summed E-state index contributed by atoms with van der Waals surface area (Å²) in [4.78, 5) is 23.7. The molecular weight excluding hydrogens is 501 g/mol. The number of para-hydroxylation sites is 1. The number of likely N-dealkylation sites (tertiary alicyclic amines) is 1. The van der Waals surface area contributed by atoms with Crippen LogP contribution in [-0.2, 0) is 11.8 Å². The zero-order valence-electron chi connectivity index (χ0n) is 19.6. The van der Waals surface area contributed by atoms with Crippen molar-refractivity contribution in [2.24, 2.45) is 0 Å². The van der Waals surface area contributed by atoms with Crippen LogP contribution in [0, 0.1) is 0 Å². The van der Waals surface area contributed by atoms with Crippen molar-refractivity contribution in [3.63, 3.8) is 0 Å². The van der Waals surface area contributed by atoms with E-state index in [-0.39, 0.29) is 37.5 Å². The lowest BCUT2D eigenvalue weighted by atomic mass is 9.87. The Kier molecular flexibility index (Phi) is 6.78. The fourth-order valence-corrected chi connectivity index (χ4v) is 5.10. The number of carbonyl (C=O) groups excluding carboxylic acids is 1. The molecule has 0 atom stereocenters. The minimum atomic E-state index is -4.59. The molecule has 1 amide bonds. The molecule has 0 radical (unpaired) electrons. The summed E-state index contributed by atoms with van der Waals surface area (Å²) >= 11 is 1.43. The first-order valence-electron chi connectivity index (χ1n) is 11.7. The van der Waals surface area contributed by atoms with Crippen molar-refractivity contribution < 1.29 is 23.1 Å². The minimum Gasteiger partial charge on any atom is -0.383 e. The molecule has 6 nitrogen and oxygen atoms in total. The maximum Gasteiger partial charge on any atom is 0.433 e. The van der Waals surface area contributed by atoms with Gasteiger partial charge in [-0.1, -0.05) is 24.3 Å². The number of benzene rings is 2. The number of halogens is 3. The van der Waals surface area contributed by atoms with E-state index < -0.39 is 17.5 Å². The molecule has 10 heteroatoms. The Morgan fingerprint density at radius 2 is 1.68 bits per heavy atom. The van der Waals surface area contributed by atoms with Gasteiger partial charge in [-0.25, -0.2) is 4.98 Å². The first-order chi connectivity index (χ1) is 17.7. The highest BCUT2D eigenvalue weighted by molar-refractivity contribution is 8.00. The summed E-state index contributed by atoms with van der Waals surface area (Å²) < 4.78 is 42.4. The summed E-state index contributed by atoms with van der Waals surface area (Å²) in [5.74, 6) is -0.198. The number of anilines is 1. The average Bonchev–Trinajstić information content (AvgIpc) is 2.92. The minimum absolute atomic E-state index is 0.0243. The number of aliphatic hydroxyl groups is 1. The highest BCUT2D eigenvalue weighted by Crippen LogP contribution is 2.35. The fraction of sp³-hybridized carbons (Fsp3) is 0.222. The highest BCUT2D eigenvalue weighted by atomic mass is 32.2. The average molecular weight is 525 g/mol. The molecular formula is C27H23F3N4O2S. The SMILES string of the molecule is O=C(c1ccc(NSc2cccc3cccnc23)cc1)N1CCC(O)(c2cccc(C(F)(F)F)n2)CC1. The lowest BCUT2D eigenvalue weighted by molar-refractivity contribution is -0.141. The number of piperidine rings is 1. The van der Waals surface area contributed by atoms with E-state index in [1.165, 1.54) is 24.1 Å². The normalized spacial score (nSPS) is 15.5. The van der Waals surface area contributed by atoms with E-state index in [0.717, 1.165) is 27.6 Å².